The Bertz CT molecular complexity index is 1110. The van der Waals surface area contributed by atoms with Crippen LogP contribution in [-0.4, -0.2) is 29.2 Å². The molecule has 1 aromatic carbocycles. The van der Waals surface area contributed by atoms with Crippen molar-refractivity contribution in [3.63, 3.8) is 0 Å². The maximum absolute atomic E-state index is 12.5. The minimum atomic E-state index is -3.29. The van der Waals surface area contributed by atoms with Crippen LogP contribution in [0.2, 0.25) is 5.02 Å². The predicted molar refractivity (Wildman–Crippen MR) is 104 cm³/mol. The van der Waals surface area contributed by atoms with Gasteiger partial charge >= 0.3 is 5.69 Å². The number of aromatic amines is 1. The number of aromatic nitrogens is 3. The van der Waals surface area contributed by atoms with Crippen LogP contribution in [-0.2, 0) is 9.84 Å². The summed E-state index contributed by atoms with van der Waals surface area (Å²) in [5.74, 6) is 0. The fourth-order valence-electron chi connectivity index (χ4n) is 3.21. The molecular weight excluding hydrogens is 374 g/mol. The molecule has 0 fully saturated rings. The highest BCUT2D eigenvalue weighted by molar-refractivity contribution is 7.90. The molecule has 0 aliphatic carbocycles. The van der Waals surface area contributed by atoms with Crippen LogP contribution in [0, 0.1) is 0 Å². The van der Waals surface area contributed by atoms with Gasteiger partial charge < -0.3 is 0 Å². The second-order valence-corrected chi connectivity index (χ2v) is 8.67. The van der Waals surface area contributed by atoms with Crippen molar-refractivity contribution in [2.75, 3.05) is 6.26 Å². The van der Waals surface area contributed by atoms with Gasteiger partial charge in [-0.3, -0.25) is 9.55 Å². The van der Waals surface area contributed by atoms with E-state index in [4.69, 9.17) is 11.6 Å². The average molecular weight is 394 g/mol. The van der Waals surface area contributed by atoms with Crippen molar-refractivity contribution in [2.45, 2.75) is 37.6 Å². The molecule has 0 amide bonds. The van der Waals surface area contributed by atoms with Crippen molar-refractivity contribution in [3.05, 3.63) is 46.0 Å². The summed E-state index contributed by atoms with van der Waals surface area (Å²) >= 11 is 6.43. The predicted octanol–water partition coefficient (Wildman–Crippen LogP) is 3.81. The zero-order valence-corrected chi connectivity index (χ0v) is 16.4. The van der Waals surface area contributed by atoms with Gasteiger partial charge in [-0.05, 0) is 30.5 Å². The minimum Gasteiger partial charge on any atom is -0.290 e. The molecule has 3 rings (SSSR count). The Morgan fingerprint density at radius 2 is 1.81 bits per heavy atom. The number of hydrogen-bond acceptors (Lipinski definition) is 4. The molecule has 2 heterocycles. The van der Waals surface area contributed by atoms with Crippen LogP contribution >= 0.6 is 11.6 Å². The zero-order chi connectivity index (χ0) is 19.1. The highest BCUT2D eigenvalue weighted by Gasteiger charge is 2.21. The first-order chi connectivity index (χ1) is 12.3. The Balaban J connectivity index is 2.32. The number of nitrogens with zero attached hydrogens (tertiary/aromatic N) is 2. The molecule has 0 aliphatic rings. The van der Waals surface area contributed by atoms with Crippen LogP contribution in [0.4, 0.5) is 0 Å². The van der Waals surface area contributed by atoms with Gasteiger partial charge in [0.2, 0.25) is 0 Å². The number of H-pyrrole nitrogens is 1. The van der Waals surface area contributed by atoms with Gasteiger partial charge in [0, 0.05) is 24.1 Å². The summed E-state index contributed by atoms with van der Waals surface area (Å²) in [6.07, 6.45) is 4.25. The standard InChI is InChI=1S/C18H20ClN3O3S/c1-4-12(5-2)22-16-15(14(19)10-20-17(16)21-18(22)23)11-6-8-13(9-7-11)26(3,24)25/h6-10,12H,4-5H2,1-3H3,(H,20,21,23). The van der Waals surface area contributed by atoms with Crippen LogP contribution in [0.1, 0.15) is 32.7 Å². The molecule has 0 atom stereocenters. The smallest absolute Gasteiger partial charge is 0.290 e. The Labute approximate surface area is 156 Å². The van der Waals surface area contributed by atoms with Crippen LogP contribution in [0.5, 0.6) is 0 Å². The number of benzene rings is 1. The minimum absolute atomic E-state index is 0.0190. The summed E-state index contributed by atoms with van der Waals surface area (Å²) in [4.78, 5) is 19.8. The van der Waals surface area contributed by atoms with Gasteiger partial charge in [0.15, 0.2) is 15.5 Å². The third-order valence-electron chi connectivity index (χ3n) is 4.57. The lowest BCUT2D eigenvalue weighted by molar-refractivity contribution is 0.472. The van der Waals surface area contributed by atoms with Crippen molar-refractivity contribution < 1.29 is 8.42 Å². The first-order valence-electron chi connectivity index (χ1n) is 8.37. The fourth-order valence-corrected chi connectivity index (χ4v) is 4.09. The molecule has 0 unspecified atom stereocenters. The molecule has 8 heteroatoms. The third kappa shape index (κ3) is 3.17. The first kappa shape index (κ1) is 18.7. The Hall–Kier alpha value is -2.12. The Morgan fingerprint density at radius 1 is 1.19 bits per heavy atom. The number of imidazole rings is 1. The monoisotopic (exact) mass is 393 g/mol. The lowest BCUT2D eigenvalue weighted by Crippen LogP contribution is -2.21. The van der Waals surface area contributed by atoms with Gasteiger partial charge in [-0.25, -0.2) is 18.2 Å². The van der Waals surface area contributed by atoms with Crippen molar-refractivity contribution in [1.82, 2.24) is 14.5 Å². The van der Waals surface area contributed by atoms with Crippen LogP contribution < -0.4 is 5.69 Å². The molecule has 0 spiro atoms. The molecule has 2 aromatic heterocycles. The van der Waals surface area contributed by atoms with Crippen LogP contribution in [0.25, 0.3) is 22.3 Å². The highest BCUT2D eigenvalue weighted by Crippen LogP contribution is 2.35. The van der Waals surface area contributed by atoms with Gasteiger partial charge in [0.1, 0.15) is 0 Å². The number of sulfone groups is 1. The summed E-state index contributed by atoms with van der Waals surface area (Å²) in [6, 6.07) is 6.50. The van der Waals surface area contributed by atoms with Gasteiger partial charge in [0.25, 0.3) is 0 Å². The van der Waals surface area contributed by atoms with E-state index in [1.807, 2.05) is 13.8 Å². The third-order valence-corrected chi connectivity index (χ3v) is 5.99. The van der Waals surface area contributed by atoms with Gasteiger partial charge in [-0.15, -0.1) is 0 Å². The second kappa shape index (κ2) is 6.89. The molecule has 6 nitrogen and oxygen atoms in total. The number of nitrogens with one attached hydrogen (secondary N) is 1. The van der Waals surface area contributed by atoms with E-state index in [2.05, 4.69) is 9.97 Å². The highest BCUT2D eigenvalue weighted by atomic mass is 35.5. The van der Waals surface area contributed by atoms with E-state index in [0.29, 0.717) is 21.7 Å². The van der Waals surface area contributed by atoms with Gasteiger partial charge in [-0.2, -0.15) is 0 Å². The Kier molecular flexibility index (Phi) is 4.94. The molecule has 0 aliphatic heterocycles. The molecular formula is C18H20ClN3O3S. The molecule has 0 radical (unpaired) electrons. The summed E-state index contributed by atoms with van der Waals surface area (Å²) < 4.78 is 25.1. The molecule has 0 saturated heterocycles. The fraction of sp³-hybridized carbons (Fsp3) is 0.333. The van der Waals surface area contributed by atoms with Crippen molar-refractivity contribution in [2.24, 2.45) is 0 Å². The van der Waals surface area contributed by atoms with E-state index >= 15 is 0 Å². The van der Waals surface area contributed by atoms with E-state index in [1.54, 1.807) is 28.8 Å². The molecule has 0 saturated carbocycles. The van der Waals surface area contributed by atoms with E-state index in [9.17, 15) is 13.2 Å². The van der Waals surface area contributed by atoms with Crippen molar-refractivity contribution in [1.29, 1.82) is 0 Å². The lowest BCUT2D eigenvalue weighted by atomic mass is 10.0. The van der Waals surface area contributed by atoms with E-state index < -0.39 is 9.84 Å². The summed E-state index contributed by atoms with van der Waals surface area (Å²) in [5, 5.41) is 0.406. The van der Waals surface area contributed by atoms with Gasteiger partial charge in [-0.1, -0.05) is 37.6 Å². The Morgan fingerprint density at radius 3 is 2.35 bits per heavy atom. The number of pyridine rings is 1. The molecule has 0 bridgehead atoms. The summed E-state index contributed by atoms with van der Waals surface area (Å²) in [6.45, 7) is 4.05. The quantitative estimate of drug-likeness (QED) is 0.714. The SMILES string of the molecule is CCC(CC)n1c(=O)[nH]c2ncc(Cl)c(-c3ccc(S(C)(=O)=O)cc3)c21. The van der Waals surface area contributed by atoms with E-state index in [0.717, 1.165) is 24.7 Å². The summed E-state index contributed by atoms with van der Waals surface area (Å²) in [5.41, 5.74) is 2.28. The largest absolute Gasteiger partial charge is 0.327 e. The number of fused-ring (bicyclic) bond motifs is 1. The zero-order valence-electron chi connectivity index (χ0n) is 14.8. The molecule has 138 valence electrons. The lowest BCUT2D eigenvalue weighted by Gasteiger charge is -2.17. The maximum Gasteiger partial charge on any atom is 0.327 e. The second-order valence-electron chi connectivity index (χ2n) is 6.25. The van der Waals surface area contributed by atoms with Crippen molar-refractivity contribution in [3.8, 4) is 11.1 Å². The molecule has 3 aromatic rings. The van der Waals surface area contributed by atoms with Gasteiger partial charge in [0.05, 0.1) is 15.4 Å². The number of halogens is 1. The average Bonchev–Trinajstić information content (AvgIpc) is 2.92. The van der Waals surface area contributed by atoms with Crippen LogP contribution in [0.3, 0.4) is 0 Å². The van der Waals surface area contributed by atoms with Crippen LogP contribution in [0.15, 0.2) is 40.2 Å². The maximum atomic E-state index is 12.5. The number of hydrogen-bond donors (Lipinski definition) is 1. The normalized spacial score (nSPS) is 12.2. The topological polar surface area (TPSA) is 84.8 Å². The van der Waals surface area contributed by atoms with E-state index in [1.165, 1.54) is 6.20 Å². The molecule has 1 N–H and O–H groups in total. The number of rotatable bonds is 5. The van der Waals surface area contributed by atoms with E-state index in [-0.39, 0.29) is 16.6 Å². The summed E-state index contributed by atoms with van der Waals surface area (Å²) in [7, 11) is -3.29. The van der Waals surface area contributed by atoms with Crippen molar-refractivity contribution >= 4 is 32.6 Å². The first-order valence-corrected chi connectivity index (χ1v) is 10.6. The molecule has 26 heavy (non-hydrogen) atoms.